The molecule has 17 heavy (non-hydrogen) atoms. The topological polar surface area (TPSA) is 41.1 Å². The van der Waals surface area contributed by atoms with Crippen LogP contribution in [0, 0.1) is 12.8 Å². The highest BCUT2D eigenvalue weighted by molar-refractivity contribution is 5.58. The molecule has 0 atom stereocenters. The van der Waals surface area contributed by atoms with Gasteiger partial charge in [-0.15, -0.1) is 0 Å². The van der Waals surface area contributed by atoms with E-state index in [-0.39, 0.29) is 0 Å². The summed E-state index contributed by atoms with van der Waals surface area (Å²) in [5.41, 5.74) is 1.14. The first-order valence-corrected chi connectivity index (χ1v) is 6.39. The summed E-state index contributed by atoms with van der Waals surface area (Å²) in [5, 5.41) is 3.12. The van der Waals surface area contributed by atoms with E-state index in [1.165, 1.54) is 12.8 Å². The highest BCUT2D eigenvalue weighted by atomic mass is 15.2. The lowest BCUT2D eigenvalue weighted by Gasteiger charge is -2.29. The third-order valence-corrected chi connectivity index (χ3v) is 3.34. The summed E-state index contributed by atoms with van der Waals surface area (Å²) in [6, 6.07) is 0.480. The van der Waals surface area contributed by atoms with Gasteiger partial charge in [0.25, 0.3) is 0 Å². The van der Waals surface area contributed by atoms with Gasteiger partial charge < -0.3 is 10.2 Å². The second kappa shape index (κ2) is 4.90. The maximum atomic E-state index is 4.46. The molecule has 0 spiro atoms. The van der Waals surface area contributed by atoms with Gasteiger partial charge in [-0.2, -0.15) is 0 Å². The average Bonchev–Trinajstić information content (AvgIpc) is 3.10. The maximum absolute atomic E-state index is 4.46. The molecule has 1 fully saturated rings. The molecule has 1 heterocycles. The third-order valence-electron chi connectivity index (χ3n) is 3.34. The SMILES string of the molecule is CNc1ncnc(N(CC2CC2)C(C)C)c1C. The van der Waals surface area contributed by atoms with E-state index in [1.807, 2.05) is 7.05 Å². The van der Waals surface area contributed by atoms with E-state index >= 15 is 0 Å². The smallest absolute Gasteiger partial charge is 0.137 e. The van der Waals surface area contributed by atoms with Gasteiger partial charge in [-0.1, -0.05) is 0 Å². The number of hydrogen-bond donors (Lipinski definition) is 1. The van der Waals surface area contributed by atoms with Gasteiger partial charge in [-0.25, -0.2) is 9.97 Å². The highest BCUT2D eigenvalue weighted by Crippen LogP contribution is 2.33. The number of nitrogens with zero attached hydrogens (tertiary/aromatic N) is 3. The minimum Gasteiger partial charge on any atom is -0.373 e. The van der Waals surface area contributed by atoms with E-state index in [0.29, 0.717) is 6.04 Å². The second-order valence-corrected chi connectivity index (χ2v) is 5.11. The van der Waals surface area contributed by atoms with Gasteiger partial charge in [0, 0.05) is 25.2 Å². The number of anilines is 2. The van der Waals surface area contributed by atoms with Crippen LogP contribution in [0.1, 0.15) is 32.3 Å². The van der Waals surface area contributed by atoms with Crippen LogP contribution in [0.3, 0.4) is 0 Å². The van der Waals surface area contributed by atoms with Crippen LogP contribution < -0.4 is 10.2 Å². The predicted octanol–water partition coefficient (Wildman–Crippen LogP) is 2.45. The van der Waals surface area contributed by atoms with Crippen molar-refractivity contribution in [2.24, 2.45) is 5.92 Å². The molecule has 0 bridgehead atoms. The molecule has 1 aliphatic carbocycles. The van der Waals surface area contributed by atoms with Crippen LogP contribution in [0.15, 0.2) is 6.33 Å². The standard InChI is InChI=1S/C13H22N4/c1-9(2)17(7-11-5-6-11)13-10(3)12(14-4)15-8-16-13/h8-9,11H,5-7H2,1-4H3,(H,14,15,16). The van der Waals surface area contributed by atoms with E-state index in [1.54, 1.807) is 6.33 Å². The van der Waals surface area contributed by atoms with Crippen LogP contribution in [-0.2, 0) is 0 Å². The average molecular weight is 234 g/mol. The van der Waals surface area contributed by atoms with Crippen molar-refractivity contribution >= 4 is 11.6 Å². The Balaban J connectivity index is 2.27. The Morgan fingerprint density at radius 2 is 2.12 bits per heavy atom. The fraction of sp³-hybridized carbons (Fsp3) is 0.692. The molecule has 1 saturated carbocycles. The van der Waals surface area contributed by atoms with E-state index in [4.69, 9.17) is 0 Å². The molecule has 4 heteroatoms. The lowest BCUT2D eigenvalue weighted by Crippen LogP contribution is -2.34. The van der Waals surface area contributed by atoms with Crippen LogP contribution in [0.4, 0.5) is 11.6 Å². The Bertz CT molecular complexity index is 385. The lowest BCUT2D eigenvalue weighted by molar-refractivity contribution is 0.634. The molecule has 4 nitrogen and oxygen atoms in total. The highest BCUT2D eigenvalue weighted by Gasteiger charge is 2.27. The third kappa shape index (κ3) is 2.68. The predicted molar refractivity (Wildman–Crippen MR) is 71.5 cm³/mol. The van der Waals surface area contributed by atoms with Crippen LogP contribution >= 0.6 is 0 Å². The lowest BCUT2D eigenvalue weighted by atomic mass is 10.2. The summed E-state index contributed by atoms with van der Waals surface area (Å²) in [6.07, 6.45) is 4.38. The fourth-order valence-corrected chi connectivity index (χ4v) is 2.10. The summed E-state index contributed by atoms with van der Waals surface area (Å²) in [5.74, 6) is 2.87. The van der Waals surface area contributed by atoms with Gasteiger partial charge in [-0.05, 0) is 39.5 Å². The Labute approximate surface area is 103 Å². The summed E-state index contributed by atoms with van der Waals surface area (Å²) in [7, 11) is 1.90. The zero-order valence-electron chi connectivity index (χ0n) is 11.2. The Morgan fingerprint density at radius 3 is 2.65 bits per heavy atom. The minimum absolute atomic E-state index is 0.480. The normalized spacial score (nSPS) is 15.1. The number of nitrogens with one attached hydrogen (secondary N) is 1. The molecule has 2 rings (SSSR count). The van der Waals surface area contributed by atoms with Crippen molar-refractivity contribution in [3.63, 3.8) is 0 Å². The van der Waals surface area contributed by atoms with Crippen molar-refractivity contribution in [3.8, 4) is 0 Å². The van der Waals surface area contributed by atoms with Crippen molar-refractivity contribution in [2.45, 2.75) is 39.7 Å². The van der Waals surface area contributed by atoms with E-state index in [0.717, 1.165) is 29.7 Å². The van der Waals surface area contributed by atoms with E-state index in [9.17, 15) is 0 Å². The summed E-state index contributed by atoms with van der Waals surface area (Å²) in [6.45, 7) is 7.66. The van der Waals surface area contributed by atoms with E-state index < -0.39 is 0 Å². The summed E-state index contributed by atoms with van der Waals surface area (Å²) >= 11 is 0. The second-order valence-electron chi connectivity index (χ2n) is 5.11. The molecular formula is C13H22N4. The molecule has 0 aromatic carbocycles. The molecular weight excluding hydrogens is 212 g/mol. The molecule has 0 amide bonds. The Hall–Kier alpha value is -1.32. The van der Waals surface area contributed by atoms with Crippen LogP contribution in [-0.4, -0.2) is 29.6 Å². The summed E-state index contributed by atoms with van der Waals surface area (Å²) in [4.78, 5) is 11.1. The zero-order valence-corrected chi connectivity index (χ0v) is 11.2. The maximum Gasteiger partial charge on any atom is 0.137 e. The molecule has 0 saturated heterocycles. The van der Waals surface area contributed by atoms with Crippen molar-refractivity contribution in [1.82, 2.24) is 9.97 Å². The monoisotopic (exact) mass is 234 g/mol. The molecule has 0 unspecified atom stereocenters. The van der Waals surface area contributed by atoms with Crippen molar-refractivity contribution < 1.29 is 0 Å². The molecule has 0 aliphatic heterocycles. The van der Waals surface area contributed by atoms with Crippen LogP contribution in [0.25, 0.3) is 0 Å². The van der Waals surface area contributed by atoms with Gasteiger partial charge >= 0.3 is 0 Å². The molecule has 1 aromatic rings. The number of hydrogen-bond acceptors (Lipinski definition) is 4. The Morgan fingerprint density at radius 1 is 1.41 bits per heavy atom. The molecule has 1 N–H and O–H groups in total. The first-order chi connectivity index (χ1) is 8.13. The minimum atomic E-state index is 0.480. The molecule has 94 valence electrons. The first-order valence-electron chi connectivity index (χ1n) is 6.39. The largest absolute Gasteiger partial charge is 0.373 e. The van der Waals surface area contributed by atoms with Crippen molar-refractivity contribution in [2.75, 3.05) is 23.8 Å². The van der Waals surface area contributed by atoms with Gasteiger partial charge in [0.05, 0.1) is 0 Å². The van der Waals surface area contributed by atoms with Gasteiger partial charge in [-0.3, -0.25) is 0 Å². The fourth-order valence-electron chi connectivity index (χ4n) is 2.10. The summed E-state index contributed by atoms with van der Waals surface area (Å²) < 4.78 is 0. The van der Waals surface area contributed by atoms with Crippen molar-refractivity contribution in [3.05, 3.63) is 11.9 Å². The van der Waals surface area contributed by atoms with Crippen molar-refractivity contribution in [1.29, 1.82) is 0 Å². The quantitative estimate of drug-likeness (QED) is 0.849. The molecule has 1 aromatic heterocycles. The van der Waals surface area contributed by atoms with Crippen LogP contribution in [0.2, 0.25) is 0 Å². The molecule has 0 radical (unpaired) electrons. The molecule has 1 aliphatic rings. The first kappa shape index (κ1) is 12.1. The van der Waals surface area contributed by atoms with Crippen LogP contribution in [0.5, 0.6) is 0 Å². The Kier molecular flexibility index (Phi) is 3.50. The zero-order chi connectivity index (χ0) is 12.4. The number of aromatic nitrogens is 2. The number of rotatable bonds is 5. The van der Waals surface area contributed by atoms with Gasteiger partial charge in [0.15, 0.2) is 0 Å². The van der Waals surface area contributed by atoms with E-state index in [2.05, 4.69) is 41.0 Å². The van der Waals surface area contributed by atoms with Gasteiger partial charge in [0.1, 0.15) is 18.0 Å². The van der Waals surface area contributed by atoms with Gasteiger partial charge in [0.2, 0.25) is 0 Å².